The molecule has 2 amide bonds. The standard InChI is InChI=1S/C27H27N3O6S/c1-29(19-11-7-5-8-12-19)27(37)30(20-13-9-6-10-14-20)26(33)21(17-31)25(32)28-18-15-22(34-2)24(36-4)23(16-18)35-3/h5-17,31H,1-4H3,(H,28,32). The van der Waals surface area contributed by atoms with E-state index in [0.29, 0.717) is 29.2 Å². The summed E-state index contributed by atoms with van der Waals surface area (Å²) < 4.78 is 15.9. The van der Waals surface area contributed by atoms with Crippen LogP contribution in [0.4, 0.5) is 17.1 Å². The van der Waals surface area contributed by atoms with Crippen LogP contribution in [0.25, 0.3) is 0 Å². The Balaban J connectivity index is 1.95. The summed E-state index contributed by atoms with van der Waals surface area (Å²) in [6, 6.07) is 20.8. The fourth-order valence-electron chi connectivity index (χ4n) is 3.49. The number of benzene rings is 3. The zero-order valence-corrected chi connectivity index (χ0v) is 21.6. The molecule has 2 N–H and O–H groups in total. The molecule has 0 aromatic heterocycles. The fourth-order valence-corrected chi connectivity index (χ4v) is 3.78. The number of aliphatic hydroxyl groups is 1. The summed E-state index contributed by atoms with van der Waals surface area (Å²) in [7, 11) is 6.04. The van der Waals surface area contributed by atoms with Gasteiger partial charge in [-0.3, -0.25) is 14.5 Å². The molecule has 3 rings (SSSR count). The number of nitrogens with zero attached hydrogens (tertiary/aromatic N) is 2. The Kier molecular flexibility index (Phi) is 9.06. The van der Waals surface area contributed by atoms with Crippen molar-refractivity contribution in [2.45, 2.75) is 0 Å². The van der Waals surface area contributed by atoms with E-state index in [9.17, 15) is 14.7 Å². The van der Waals surface area contributed by atoms with Crippen LogP contribution in [0.1, 0.15) is 0 Å². The second-order valence-corrected chi connectivity index (χ2v) is 7.93. The minimum absolute atomic E-state index is 0.0994. The first-order valence-corrected chi connectivity index (χ1v) is 11.4. The highest BCUT2D eigenvalue weighted by atomic mass is 32.1. The number of amides is 2. The number of anilines is 3. The lowest BCUT2D eigenvalue weighted by Crippen LogP contribution is -2.47. The number of hydrogen-bond acceptors (Lipinski definition) is 7. The number of nitrogens with one attached hydrogen (secondary N) is 1. The van der Waals surface area contributed by atoms with Gasteiger partial charge < -0.3 is 29.5 Å². The van der Waals surface area contributed by atoms with Crippen molar-refractivity contribution in [3.8, 4) is 17.2 Å². The molecule has 37 heavy (non-hydrogen) atoms. The molecule has 0 radical (unpaired) electrons. The first-order chi connectivity index (χ1) is 17.9. The maximum absolute atomic E-state index is 13.7. The van der Waals surface area contributed by atoms with E-state index in [1.807, 2.05) is 30.3 Å². The predicted molar refractivity (Wildman–Crippen MR) is 147 cm³/mol. The maximum atomic E-state index is 13.7. The van der Waals surface area contributed by atoms with Gasteiger partial charge in [0.25, 0.3) is 11.8 Å². The van der Waals surface area contributed by atoms with Crippen molar-refractivity contribution in [3.63, 3.8) is 0 Å². The molecule has 0 bridgehead atoms. The Hall–Kier alpha value is -4.57. The number of ether oxygens (including phenoxy) is 3. The smallest absolute Gasteiger partial charge is 0.273 e. The Morgan fingerprint density at radius 1 is 0.865 bits per heavy atom. The van der Waals surface area contributed by atoms with Crippen LogP contribution in [-0.2, 0) is 9.59 Å². The molecule has 0 aliphatic carbocycles. The van der Waals surface area contributed by atoms with E-state index in [-0.39, 0.29) is 10.8 Å². The van der Waals surface area contributed by atoms with Gasteiger partial charge in [0.05, 0.1) is 33.3 Å². The van der Waals surface area contributed by atoms with Crippen LogP contribution in [0.2, 0.25) is 0 Å². The zero-order valence-electron chi connectivity index (χ0n) is 20.8. The molecule has 3 aromatic rings. The third-order valence-corrected chi connectivity index (χ3v) is 5.82. The Labute approximate surface area is 220 Å². The van der Waals surface area contributed by atoms with Gasteiger partial charge in [0, 0.05) is 30.6 Å². The quantitative estimate of drug-likeness (QED) is 0.146. The molecule has 0 aliphatic heterocycles. The molecule has 0 saturated heterocycles. The molecule has 9 nitrogen and oxygen atoms in total. The van der Waals surface area contributed by atoms with Crippen LogP contribution in [0.5, 0.6) is 17.2 Å². The third kappa shape index (κ3) is 5.99. The van der Waals surface area contributed by atoms with Crippen molar-refractivity contribution in [1.29, 1.82) is 0 Å². The van der Waals surface area contributed by atoms with Gasteiger partial charge in [0.1, 0.15) is 5.57 Å². The van der Waals surface area contributed by atoms with Crippen molar-refractivity contribution in [3.05, 3.63) is 84.6 Å². The van der Waals surface area contributed by atoms with E-state index in [0.717, 1.165) is 5.69 Å². The van der Waals surface area contributed by atoms with Crippen LogP contribution >= 0.6 is 12.2 Å². The van der Waals surface area contributed by atoms with Crippen molar-refractivity contribution >= 4 is 46.2 Å². The summed E-state index contributed by atoms with van der Waals surface area (Å²) >= 11 is 5.66. The van der Waals surface area contributed by atoms with Gasteiger partial charge in [-0.15, -0.1) is 0 Å². The molecular formula is C27H27N3O6S. The largest absolute Gasteiger partial charge is 0.515 e. The number of thiocarbonyl (C=S) groups is 1. The highest BCUT2D eigenvalue weighted by molar-refractivity contribution is 7.81. The SMILES string of the molecule is COc1cc(NC(=O)C(=CO)C(=O)N(C(=S)N(C)c2ccccc2)c2ccccc2)cc(OC)c1OC. The molecule has 0 unspecified atom stereocenters. The highest BCUT2D eigenvalue weighted by Gasteiger charge is 2.31. The first kappa shape index (κ1) is 27.0. The molecule has 0 atom stereocenters. The molecule has 0 fully saturated rings. The topological polar surface area (TPSA) is 101 Å². The van der Waals surface area contributed by atoms with E-state index in [2.05, 4.69) is 5.32 Å². The second kappa shape index (κ2) is 12.4. The van der Waals surface area contributed by atoms with Crippen molar-refractivity contribution in [1.82, 2.24) is 0 Å². The van der Waals surface area contributed by atoms with Gasteiger partial charge in [-0.1, -0.05) is 36.4 Å². The molecule has 3 aromatic carbocycles. The van der Waals surface area contributed by atoms with E-state index in [4.69, 9.17) is 26.4 Å². The van der Waals surface area contributed by atoms with E-state index in [1.54, 1.807) is 42.3 Å². The van der Waals surface area contributed by atoms with Gasteiger partial charge in [0.2, 0.25) is 5.75 Å². The Bertz CT molecular complexity index is 1270. The zero-order chi connectivity index (χ0) is 26.9. The van der Waals surface area contributed by atoms with Crippen LogP contribution < -0.4 is 29.3 Å². The number of carbonyl (C=O) groups excluding carboxylic acids is 2. The van der Waals surface area contributed by atoms with E-state index in [1.165, 1.54) is 38.4 Å². The van der Waals surface area contributed by atoms with Gasteiger partial charge >= 0.3 is 0 Å². The number of para-hydroxylation sites is 2. The molecule has 0 saturated carbocycles. The van der Waals surface area contributed by atoms with Crippen LogP contribution in [0.3, 0.4) is 0 Å². The summed E-state index contributed by atoms with van der Waals surface area (Å²) in [5, 5.41) is 12.7. The monoisotopic (exact) mass is 521 g/mol. The molecule has 192 valence electrons. The number of methoxy groups -OCH3 is 3. The molecule has 0 heterocycles. The summed E-state index contributed by atoms with van der Waals surface area (Å²) in [5.74, 6) is -0.759. The van der Waals surface area contributed by atoms with Crippen molar-refractivity contribution < 1.29 is 28.9 Å². The van der Waals surface area contributed by atoms with Gasteiger partial charge in [-0.2, -0.15) is 0 Å². The normalized spacial score (nSPS) is 10.8. The Morgan fingerprint density at radius 3 is 1.84 bits per heavy atom. The summed E-state index contributed by atoms with van der Waals surface area (Å²) in [6.07, 6.45) is 0.455. The van der Waals surface area contributed by atoms with Crippen LogP contribution in [0, 0.1) is 0 Å². The van der Waals surface area contributed by atoms with Gasteiger partial charge in [-0.05, 0) is 36.5 Å². The number of carbonyl (C=O) groups is 2. The summed E-state index contributed by atoms with van der Waals surface area (Å²) in [5.41, 5.74) is 0.862. The van der Waals surface area contributed by atoms with Crippen LogP contribution in [-0.4, -0.2) is 50.4 Å². The predicted octanol–water partition coefficient (Wildman–Crippen LogP) is 4.55. The average Bonchev–Trinajstić information content (AvgIpc) is 2.93. The third-order valence-electron chi connectivity index (χ3n) is 5.37. The minimum atomic E-state index is -0.868. The van der Waals surface area contributed by atoms with Crippen molar-refractivity contribution in [2.75, 3.05) is 43.5 Å². The lowest BCUT2D eigenvalue weighted by atomic mass is 10.2. The molecule has 0 spiro atoms. The average molecular weight is 522 g/mol. The number of rotatable bonds is 8. The lowest BCUT2D eigenvalue weighted by molar-refractivity contribution is -0.119. The minimum Gasteiger partial charge on any atom is -0.515 e. The molecule has 10 heteroatoms. The fraction of sp³-hybridized carbons (Fsp3) is 0.148. The molecule has 0 aliphatic rings. The molecular weight excluding hydrogens is 494 g/mol. The highest BCUT2D eigenvalue weighted by Crippen LogP contribution is 2.40. The summed E-state index contributed by atoms with van der Waals surface area (Å²) in [4.78, 5) is 29.7. The second-order valence-electron chi connectivity index (χ2n) is 7.56. The number of aliphatic hydroxyl groups excluding tert-OH is 1. The number of hydrogen-bond donors (Lipinski definition) is 2. The van der Waals surface area contributed by atoms with E-state index < -0.39 is 17.4 Å². The van der Waals surface area contributed by atoms with Gasteiger partial charge in [0.15, 0.2) is 16.6 Å². The van der Waals surface area contributed by atoms with E-state index >= 15 is 0 Å². The van der Waals surface area contributed by atoms with Crippen molar-refractivity contribution in [2.24, 2.45) is 0 Å². The maximum Gasteiger partial charge on any atom is 0.273 e. The van der Waals surface area contributed by atoms with Gasteiger partial charge in [-0.25, -0.2) is 0 Å². The lowest BCUT2D eigenvalue weighted by Gasteiger charge is -2.30. The first-order valence-electron chi connectivity index (χ1n) is 11.0. The van der Waals surface area contributed by atoms with Crippen LogP contribution in [0.15, 0.2) is 84.6 Å². The Morgan fingerprint density at radius 2 is 1.38 bits per heavy atom. The summed E-state index contributed by atoms with van der Waals surface area (Å²) in [6.45, 7) is 0.